The van der Waals surface area contributed by atoms with Gasteiger partial charge in [-0.2, -0.15) is 0 Å². The van der Waals surface area contributed by atoms with Crippen molar-refractivity contribution in [3.63, 3.8) is 0 Å². The third-order valence-electron chi connectivity index (χ3n) is 2.63. The van der Waals surface area contributed by atoms with Gasteiger partial charge in [-0.3, -0.25) is 0 Å². The van der Waals surface area contributed by atoms with Crippen molar-refractivity contribution in [2.75, 3.05) is 5.32 Å². The van der Waals surface area contributed by atoms with Crippen LogP contribution in [0, 0.1) is 0 Å². The number of hydrogen-bond acceptors (Lipinski definition) is 6. The number of nitrogens with zero attached hydrogens (tertiary/aromatic N) is 2. The summed E-state index contributed by atoms with van der Waals surface area (Å²) in [5.74, 6) is 0.217. The average molecular weight is 301 g/mol. The van der Waals surface area contributed by atoms with Crippen LogP contribution in [0.4, 0.5) is 5.95 Å². The molecule has 2 aromatic rings. The molecule has 0 spiro atoms. The van der Waals surface area contributed by atoms with Gasteiger partial charge in [0, 0.05) is 12.4 Å². The molecule has 6 heteroatoms. The minimum Gasteiger partial charge on any atom is -0.504 e. The second-order valence-electron chi connectivity index (χ2n) is 4.24. The summed E-state index contributed by atoms with van der Waals surface area (Å²) in [5.41, 5.74) is 1.76. The maximum atomic E-state index is 9.49. The van der Waals surface area contributed by atoms with Gasteiger partial charge in [-0.25, -0.2) is 9.97 Å². The molecule has 1 aromatic heterocycles. The molecule has 0 saturated heterocycles. The second-order valence-corrected chi connectivity index (χ2v) is 5.21. The first kappa shape index (κ1) is 14.9. The zero-order valence-corrected chi connectivity index (χ0v) is 12.3. The zero-order chi connectivity index (χ0) is 15.2. The number of hydrogen-bond donors (Lipinski definition) is 3. The van der Waals surface area contributed by atoms with Crippen molar-refractivity contribution in [1.29, 1.82) is 0 Å². The van der Waals surface area contributed by atoms with Gasteiger partial charge < -0.3 is 15.5 Å². The van der Waals surface area contributed by atoms with Crippen molar-refractivity contribution in [3.05, 3.63) is 59.2 Å². The van der Waals surface area contributed by atoms with Crippen LogP contribution in [0.2, 0.25) is 0 Å². The molecule has 0 radical (unpaired) electrons. The molecule has 0 atom stereocenters. The molecule has 0 aliphatic rings. The molecule has 0 unspecified atom stereocenters. The molecule has 0 bridgehead atoms. The van der Waals surface area contributed by atoms with Gasteiger partial charge in [-0.15, -0.1) is 0 Å². The van der Waals surface area contributed by atoms with Gasteiger partial charge in [0.2, 0.25) is 5.95 Å². The van der Waals surface area contributed by atoms with E-state index in [0.29, 0.717) is 11.0 Å². The Labute approximate surface area is 127 Å². The van der Waals surface area contributed by atoms with E-state index in [9.17, 15) is 10.2 Å². The standard InChI is InChI=1S/C15H15N3O2S/c1-10(12-4-5-13(19)14(20)8-12)9-21-11(2)18-15-16-6-3-7-17-15/h3-9,19-20H,2H2,1H3,(H,16,17,18)/b10-9+. The maximum Gasteiger partial charge on any atom is 0.227 e. The Balaban J connectivity index is 1.99. The summed E-state index contributed by atoms with van der Waals surface area (Å²) >= 11 is 1.39. The fourth-order valence-corrected chi connectivity index (χ4v) is 2.12. The zero-order valence-electron chi connectivity index (χ0n) is 11.4. The third-order valence-corrected chi connectivity index (χ3v) is 3.48. The monoisotopic (exact) mass is 301 g/mol. The van der Waals surface area contributed by atoms with Crippen LogP contribution in [0.5, 0.6) is 11.5 Å². The summed E-state index contributed by atoms with van der Waals surface area (Å²) in [5, 5.41) is 24.3. The summed E-state index contributed by atoms with van der Waals surface area (Å²) in [7, 11) is 0. The van der Waals surface area contributed by atoms with Gasteiger partial charge in [-0.05, 0) is 41.7 Å². The number of aromatic nitrogens is 2. The number of phenolic OH excluding ortho intramolecular Hbond substituents is 2. The summed E-state index contributed by atoms with van der Waals surface area (Å²) in [6, 6.07) is 6.44. The molecule has 2 rings (SSSR count). The van der Waals surface area contributed by atoms with E-state index in [1.54, 1.807) is 24.5 Å². The number of benzene rings is 1. The largest absolute Gasteiger partial charge is 0.504 e. The number of thioether (sulfide) groups is 1. The first-order valence-corrected chi connectivity index (χ1v) is 7.03. The van der Waals surface area contributed by atoms with E-state index in [-0.39, 0.29) is 11.5 Å². The second kappa shape index (κ2) is 6.81. The van der Waals surface area contributed by atoms with Gasteiger partial charge in [0.25, 0.3) is 0 Å². The molecule has 108 valence electrons. The highest BCUT2D eigenvalue weighted by Gasteiger charge is 2.03. The minimum absolute atomic E-state index is 0.133. The van der Waals surface area contributed by atoms with Crippen LogP contribution < -0.4 is 5.32 Å². The molecule has 0 amide bonds. The Morgan fingerprint density at radius 1 is 1.24 bits per heavy atom. The molecule has 0 aliphatic carbocycles. The number of nitrogens with one attached hydrogen (secondary N) is 1. The van der Waals surface area contributed by atoms with Crippen molar-refractivity contribution in [2.24, 2.45) is 0 Å². The summed E-state index contributed by atoms with van der Waals surface area (Å²) in [4.78, 5) is 8.09. The SMILES string of the molecule is C=C(Nc1ncccn1)S/C=C(\C)c1ccc(O)c(O)c1. The highest BCUT2D eigenvalue weighted by molar-refractivity contribution is 8.06. The third kappa shape index (κ3) is 4.25. The average Bonchev–Trinajstić information content (AvgIpc) is 2.48. The quantitative estimate of drug-likeness (QED) is 0.733. The van der Waals surface area contributed by atoms with Crippen molar-refractivity contribution in [2.45, 2.75) is 6.92 Å². The van der Waals surface area contributed by atoms with E-state index in [1.165, 1.54) is 23.9 Å². The Hall–Kier alpha value is -2.47. The van der Waals surface area contributed by atoms with Crippen LogP contribution in [0.15, 0.2) is 53.7 Å². The lowest BCUT2D eigenvalue weighted by Crippen LogP contribution is -1.98. The molecule has 0 saturated carbocycles. The first-order chi connectivity index (χ1) is 10.1. The smallest absolute Gasteiger partial charge is 0.227 e. The van der Waals surface area contributed by atoms with Crippen molar-refractivity contribution in [1.82, 2.24) is 9.97 Å². The van der Waals surface area contributed by atoms with Gasteiger partial charge >= 0.3 is 0 Å². The summed E-state index contributed by atoms with van der Waals surface area (Å²) in [6.07, 6.45) is 3.29. The van der Waals surface area contributed by atoms with Crippen LogP contribution in [0.3, 0.4) is 0 Å². The molecule has 5 nitrogen and oxygen atoms in total. The highest BCUT2D eigenvalue weighted by Crippen LogP contribution is 2.30. The summed E-state index contributed by atoms with van der Waals surface area (Å²) in [6.45, 7) is 5.79. The normalized spacial score (nSPS) is 11.2. The van der Waals surface area contributed by atoms with Crippen LogP contribution in [-0.2, 0) is 0 Å². The predicted octanol–water partition coefficient (Wildman–Crippen LogP) is 3.57. The Morgan fingerprint density at radius 2 is 1.95 bits per heavy atom. The lowest BCUT2D eigenvalue weighted by molar-refractivity contribution is 0.403. The number of aromatic hydroxyl groups is 2. The fourth-order valence-electron chi connectivity index (χ4n) is 1.51. The van der Waals surface area contributed by atoms with E-state index >= 15 is 0 Å². The number of rotatable bonds is 5. The van der Waals surface area contributed by atoms with E-state index in [2.05, 4.69) is 21.9 Å². The first-order valence-electron chi connectivity index (χ1n) is 6.15. The van der Waals surface area contributed by atoms with Gasteiger partial charge in [0.1, 0.15) is 0 Å². The fraction of sp³-hybridized carbons (Fsp3) is 0.0667. The van der Waals surface area contributed by atoms with E-state index in [4.69, 9.17) is 0 Å². The molecule has 1 heterocycles. The number of allylic oxidation sites excluding steroid dienone is 1. The van der Waals surface area contributed by atoms with Gasteiger partial charge in [0.15, 0.2) is 11.5 Å². The van der Waals surface area contributed by atoms with Gasteiger partial charge in [-0.1, -0.05) is 24.4 Å². The molecule has 1 aromatic carbocycles. The van der Waals surface area contributed by atoms with E-state index in [0.717, 1.165) is 11.1 Å². The summed E-state index contributed by atoms with van der Waals surface area (Å²) < 4.78 is 0. The molecule has 0 fully saturated rings. The van der Waals surface area contributed by atoms with Crippen LogP contribution >= 0.6 is 11.8 Å². The maximum absolute atomic E-state index is 9.49. The topological polar surface area (TPSA) is 78.3 Å². The predicted molar refractivity (Wildman–Crippen MR) is 85.8 cm³/mol. The molecule has 3 N–H and O–H groups in total. The van der Waals surface area contributed by atoms with Crippen LogP contribution in [-0.4, -0.2) is 20.2 Å². The number of anilines is 1. The van der Waals surface area contributed by atoms with Crippen molar-refractivity contribution < 1.29 is 10.2 Å². The van der Waals surface area contributed by atoms with Crippen molar-refractivity contribution >= 4 is 23.3 Å². The Kier molecular flexibility index (Phi) is 4.84. The molecular weight excluding hydrogens is 286 g/mol. The van der Waals surface area contributed by atoms with Crippen molar-refractivity contribution in [3.8, 4) is 11.5 Å². The molecule has 0 aliphatic heterocycles. The van der Waals surface area contributed by atoms with Crippen LogP contribution in [0.1, 0.15) is 12.5 Å². The van der Waals surface area contributed by atoms with E-state index < -0.39 is 0 Å². The molecule has 21 heavy (non-hydrogen) atoms. The number of phenols is 2. The van der Waals surface area contributed by atoms with Gasteiger partial charge in [0.05, 0.1) is 5.03 Å². The molecular formula is C15H15N3O2S. The lowest BCUT2D eigenvalue weighted by atomic mass is 10.1. The lowest BCUT2D eigenvalue weighted by Gasteiger charge is -2.06. The van der Waals surface area contributed by atoms with Crippen LogP contribution in [0.25, 0.3) is 5.57 Å². The highest BCUT2D eigenvalue weighted by atomic mass is 32.2. The Bertz CT molecular complexity index is 672. The minimum atomic E-state index is -0.139. The van der Waals surface area contributed by atoms with E-state index in [1.807, 2.05) is 12.3 Å². The Morgan fingerprint density at radius 3 is 2.62 bits per heavy atom.